The number of aromatic nitrogens is 3. The van der Waals surface area contributed by atoms with Crippen molar-refractivity contribution >= 4 is 5.95 Å². The molecule has 4 bridgehead atoms. The Bertz CT molecular complexity index is 786. The molecule has 124 valence electrons. The molecule has 4 aliphatic carbocycles. The van der Waals surface area contributed by atoms with E-state index in [1.165, 1.54) is 24.8 Å². The summed E-state index contributed by atoms with van der Waals surface area (Å²) >= 11 is 0. The molecule has 2 atom stereocenters. The smallest absolute Gasteiger partial charge is 0.390 e. The first-order valence-corrected chi connectivity index (χ1v) is 8.71. The summed E-state index contributed by atoms with van der Waals surface area (Å²) in [5, 5.41) is 15.2. The molecule has 4 saturated carbocycles. The van der Waals surface area contributed by atoms with Gasteiger partial charge in [0.1, 0.15) is 0 Å². The molecular weight excluding hydrogens is 304 g/mol. The van der Waals surface area contributed by atoms with E-state index >= 15 is 0 Å². The van der Waals surface area contributed by atoms with Crippen LogP contribution in [0.4, 0.5) is 5.95 Å². The predicted molar refractivity (Wildman–Crippen MR) is 87.5 cm³/mol. The second-order valence-electron chi connectivity index (χ2n) is 8.08. The molecule has 0 N–H and O–H groups in total. The third-order valence-corrected chi connectivity index (χ3v) is 6.55. The lowest BCUT2D eigenvalue weighted by Crippen LogP contribution is -2.58. The zero-order valence-electron chi connectivity index (χ0n) is 13.5. The lowest BCUT2D eigenvalue weighted by molar-refractivity contribution is -0.394. The molecule has 0 aliphatic heterocycles. The summed E-state index contributed by atoms with van der Waals surface area (Å²) < 4.78 is 1.83. The van der Waals surface area contributed by atoms with Gasteiger partial charge in [-0.1, -0.05) is 35.3 Å². The van der Waals surface area contributed by atoms with Gasteiger partial charge in [0.05, 0.1) is 5.54 Å². The van der Waals surface area contributed by atoms with Crippen LogP contribution in [-0.4, -0.2) is 19.7 Å². The molecule has 1 heterocycles. The Kier molecular flexibility index (Phi) is 2.74. The van der Waals surface area contributed by atoms with E-state index in [1.54, 1.807) is 6.33 Å². The molecule has 0 spiro atoms. The highest BCUT2D eigenvalue weighted by molar-refractivity contribution is 5.31. The van der Waals surface area contributed by atoms with E-state index in [9.17, 15) is 10.1 Å². The van der Waals surface area contributed by atoms with E-state index in [1.807, 2.05) is 4.68 Å². The molecule has 0 saturated heterocycles. The van der Waals surface area contributed by atoms with E-state index in [-0.39, 0.29) is 16.9 Å². The Morgan fingerprint density at radius 1 is 1.12 bits per heavy atom. The largest absolute Gasteiger partial charge is 0.490 e. The van der Waals surface area contributed by atoms with E-state index < -0.39 is 4.92 Å². The van der Waals surface area contributed by atoms with Gasteiger partial charge in [0, 0.05) is 5.10 Å². The Hall–Kier alpha value is -2.24. The molecule has 4 aliphatic rings. The lowest BCUT2D eigenvalue weighted by atomic mass is 9.45. The van der Waals surface area contributed by atoms with Gasteiger partial charge in [0.25, 0.3) is 0 Å². The standard InChI is InChI=1S/C18H20N4O2/c23-22(24)16-19-12-21(20-16)18-9-13-6-14(10-18)8-17(7-13,11-18)15-4-2-1-3-5-15/h1-5,12-14H,6-11H2/t13-,14-,17?,18?/m1/s1. The first kappa shape index (κ1) is 14.1. The molecule has 6 heteroatoms. The van der Waals surface area contributed by atoms with Crippen molar-refractivity contribution in [3.8, 4) is 0 Å². The van der Waals surface area contributed by atoms with Crippen molar-refractivity contribution in [2.24, 2.45) is 11.8 Å². The zero-order chi connectivity index (χ0) is 16.4. The van der Waals surface area contributed by atoms with Gasteiger partial charge in [0.2, 0.25) is 6.33 Å². The average molecular weight is 324 g/mol. The molecule has 1 aromatic carbocycles. The maximum absolute atomic E-state index is 11.0. The van der Waals surface area contributed by atoms with E-state index in [2.05, 4.69) is 40.4 Å². The van der Waals surface area contributed by atoms with E-state index in [0.29, 0.717) is 11.8 Å². The van der Waals surface area contributed by atoms with Crippen molar-refractivity contribution in [2.45, 2.75) is 49.5 Å². The van der Waals surface area contributed by atoms with Crippen molar-refractivity contribution in [1.82, 2.24) is 14.8 Å². The Labute approximate surface area is 140 Å². The monoisotopic (exact) mass is 324 g/mol. The third kappa shape index (κ3) is 1.88. The van der Waals surface area contributed by atoms with Crippen molar-refractivity contribution in [1.29, 1.82) is 0 Å². The van der Waals surface area contributed by atoms with Crippen LogP contribution in [0.1, 0.15) is 44.1 Å². The fourth-order valence-corrected chi connectivity index (χ4v) is 6.18. The Morgan fingerprint density at radius 3 is 2.46 bits per heavy atom. The highest BCUT2D eigenvalue weighted by atomic mass is 16.6. The van der Waals surface area contributed by atoms with Crippen LogP contribution in [0.5, 0.6) is 0 Å². The summed E-state index contributed by atoms with van der Waals surface area (Å²) in [6.07, 6.45) is 8.56. The minimum atomic E-state index is -0.496. The SMILES string of the molecule is O=[N+]([O-])c1ncn(C23C[C@@H]4C[C@H](CC(c5ccccc5)(C4)C2)C3)n1. The van der Waals surface area contributed by atoms with E-state index in [4.69, 9.17) is 0 Å². The van der Waals surface area contributed by atoms with Crippen LogP contribution in [0.25, 0.3) is 0 Å². The minimum Gasteiger partial charge on any atom is -0.390 e. The summed E-state index contributed by atoms with van der Waals surface area (Å²) in [6, 6.07) is 10.8. The molecule has 24 heavy (non-hydrogen) atoms. The van der Waals surface area contributed by atoms with Gasteiger partial charge in [0.15, 0.2) is 0 Å². The highest BCUT2D eigenvalue weighted by Crippen LogP contribution is 2.64. The van der Waals surface area contributed by atoms with Crippen LogP contribution in [0.3, 0.4) is 0 Å². The van der Waals surface area contributed by atoms with Gasteiger partial charge in [-0.25, -0.2) is 0 Å². The summed E-state index contributed by atoms with van der Waals surface area (Å²) in [5.74, 6) is 1.10. The van der Waals surface area contributed by atoms with Gasteiger partial charge in [-0.3, -0.25) is 0 Å². The zero-order valence-corrected chi connectivity index (χ0v) is 13.5. The minimum absolute atomic E-state index is 0.0960. The number of hydrogen-bond acceptors (Lipinski definition) is 4. The van der Waals surface area contributed by atoms with Gasteiger partial charge in [-0.05, 0) is 66.3 Å². The van der Waals surface area contributed by atoms with Crippen molar-refractivity contribution < 1.29 is 4.92 Å². The van der Waals surface area contributed by atoms with Crippen LogP contribution < -0.4 is 0 Å². The Morgan fingerprint density at radius 2 is 1.83 bits per heavy atom. The topological polar surface area (TPSA) is 73.8 Å². The summed E-state index contributed by atoms with van der Waals surface area (Å²) in [6.45, 7) is 0. The first-order chi connectivity index (χ1) is 11.6. The number of nitrogens with zero attached hydrogens (tertiary/aromatic N) is 4. The van der Waals surface area contributed by atoms with Crippen LogP contribution in [0, 0.1) is 22.0 Å². The van der Waals surface area contributed by atoms with Crippen LogP contribution in [0.2, 0.25) is 0 Å². The summed E-state index contributed by atoms with van der Waals surface area (Å²) in [4.78, 5) is 14.4. The summed E-state index contributed by atoms with van der Waals surface area (Å²) in [5.41, 5.74) is 1.53. The lowest BCUT2D eigenvalue weighted by Gasteiger charge is -2.61. The maximum atomic E-state index is 11.0. The molecule has 0 radical (unpaired) electrons. The molecule has 0 unspecified atom stereocenters. The number of nitro groups is 1. The first-order valence-electron chi connectivity index (χ1n) is 8.71. The fourth-order valence-electron chi connectivity index (χ4n) is 6.18. The number of benzene rings is 1. The molecule has 0 amide bonds. The quantitative estimate of drug-likeness (QED) is 0.640. The third-order valence-electron chi connectivity index (χ3n) is 6.55. The molecule has 1 aromatic heterocycles. The second-order valence-corrected chi connectivity index (χ2v) is 8.08. The van der Waals surface area contributed by atoms with Crippen molar-refractivity contribution in [3.05, 3.63) is 52.3 Å². The van der Waals surface area contributed by atoms with Gasteiger partial charge in [-0.15, -0.1) is 0 Å². The molecule has 2 aromatic rings. The van der Waals surface area contributed by atoms with Gasteiger partial charge >= 0.3 is 5.95 Å². The normalized spacial score (nSPS) is 36.8. The van der Waals surface area contributed by atoms with Crippen molar-refractivity contribution in [2.75, 3.05) is 0 Å². The van der Waals surface area contributed by atoms with Crippen molar-refractivity contribution in [3.63, 3.8) is 0 Å². The molecule has 4 fully saturated rings. The predicted octanol–water partition coefficient (Wildman–Crippen LogP) is 3.43. The van der Waals surface area contributed by atoms with E-state index in [0.717, 1.165) is 19.3 Å². The highest BCUT2D eigenvalue weighted by Gasteiger charge is 2.60. The molecule has 6 rings (SSSR count). The maximum Gasteiger partial charge on any atom is 0.490 e. The average Bonchev–Trinajstić information content (AvgIpc) is 3.06. The van der Waals surface area contributed by atoms with Gasteiger partial charge in [-0.2, -0.15) is 4.68 Å². The summed E-state index contributed by atoms with van der Waals surface area (Å²) in [7, 11) is 0. The van der Waals surface area contributed by atoms with Crippen LogP contribution in [0.15, 0.2) is 36.7 Å². The second kappa shape index (κ2) is 4.65. The fraction of sp³-hybridized carbons (Fsp3) is 0.556. The molecular formula is C18H20N4O2. The van der Waals surface area contributed by atoms with Crippen LogP contribution >= 0.6 is 0 Å². The molecule has 6 nitrogen and oxygen atoms in total. The number of rotatable bonds is 3. The Balaban J connectivity index is 1.59. The number of hydrogen-bond donors (Lipinski definition) is 0. The van der Waals surface area contributed by atoms with Gasteiger partial charge < -0.3 is 10.1 Å². The van der Waals surface area contributed by atoms with Crippen LogP contribution in [-0.2, 0) is 11.0 Å².